The summed E-state index contributed by atoms with van der Waals surface area (Å²) in [6.45, 7) is 4.74. The minimum absolute atomic E-state index is 0.00367. The zero-order chi connectivity index (χ0) is 20.5. The maximum atomic E-state index is 12.7. The monoisotopic (exact) mass is 410 g/mol. The minimum atomic E-state index is -0.0350. The SMILES string of the molecule is CC(c1nc2ccccc2c(=O)n1C)N1CCN(C(=O)c2cccc(Cl)c2)CC1. The number of para-hydroxylation sites is 1. The number of fused-ring (bicyclic) bond motifs is 1. The Balaban J connectivity index is 1.50. The molecule has 0 spiro atoms. The molecule has 0 N–H and O–H groups in total. The van der Waals surface area contributed by atoms with Gasteiger partial charge < -0.3 is 4.90 Å². The van der Waals surface area contributed by atoms with Gasteiger partial charge >= 0.3 is 0 Å². The first-order valence-electron chi connectivity index (χ1n) is 9.70. The molecular weight excluding hydrogens is 388 g/mol. The van der Waals surface area contributed by atoms with Gasteiger partial charge in [-0.05, 0) is 37.3 Å². The maximum absolute atomic E-state index is 12.7. The van der Waals surface area contributed by atoms with Gasteiger partial charge in [-0.25, -0.2) is 4.98 Å². The van der Waals surface area contributed by atoms with Crippen LogP contribution in [0.2, 0.25) is 5.02 Å². The van der Waals surface area contributed by atoms with Crippen molar-refractivity contribution in [3.8, 4) is 0 Å². The lowest BCUT2D eigenvalue weighted by molar-refractivity contribution is 0.0572. The second-order valence-electron chi connectivity index (χ2n) is 7.37. The zero-order valence-corrected chi connectivity index (χ0v) is 17.3. The summed E-state index contributed by atoms with van der Waals surface area (Å²) in [5.41, 5.74) is 1.29. The normalized spacial score (nSPS) is 16.2. The summed E-state index contributed by atoms with van der Waals surface area (Å²) in [7, 11) is 1.77. The van der Waals surface area contributed by atoms with E-state index >= 15 is 0 Å². The molecule has 3 aromatic rings. The van der Waals surface area contributed by atoms with Gasteiger partial charge in [-0.3, -0.25) is 19.1 Å². The number of rotatable bonds is 3. The Labute approximate surface area is 174 Å². The lowest BCUT2D eigenvalue weighted by Crippen LogP contribution is -2.49. The molecule has 0 bridgehead atoms. The van der Waals surface area contributed by atoms with Crippen molar-refractivity contribution >= 4 is 28.4 Å². The van der Waals surface area contributed by atoms with Crippen LogP contribution in [0.1, 0.15) is 29.1 Å². The first-order chi connectivity index (χ1) is 14.0. The van der Waals surface area contributed by atoms with Crippen molar-refractivity contribution in [2.45, 2.75) is 13.0 Å². The molecule has 7 heteroatoms. The molecule has 1 aromatic heterocycles. The topological polar surface area (TPSA) is 58.4 Å². The van der Waals surface area contributed by atoms with Gasteiger partial charge in [0, 0.05) is 43.8 Å². The van der Waals surface area contributed by atoms with Crippen molar-refractivity contribution in [1.29, 1.82) is 0 Å². The number of hydrogen-bond acceptors (Lipinski definition) is 4. The van der Waals surface area contributed by atoms with Crippen molar-refractivity contribution in [2.75, 3.05) is 26.2 Å². The number of benzene rings is 2. The second-order valence-corrected chi connectivity index (χ2v) is 7.80. The van der Waals surface area contributed by atoms with E-state index in [0.717, 1.165) is 18.9 Å². The van der Waals surface area contributed by atoms with Crippen LogP contribution in [0, 0.1) is 0 Å². The average molecular weight is 411 g/mol. The molecule has 1 aliphatic heterocycles. The molecule has 29 heavy (non-hydrogen) atoms. The Kier molecular flexibility index (Phi) is 5.39. The lowest BCUT2D eigenvalue weighted by atomic mass is 10.1. The molecule has 1 saturated heterocycles. The Morgan fingerprint density at radius 2 is 1.79 bits per heavy atom. The highest BCUT2D eigenvalue weighted by Gasteiger charge is 2.27. The third-order valence-electron chi connectivity index (χ3n) is 5.61. The Hall–Kier alpha value is -2.70. The molecule has 150 valence electrons. The molecule has 1 atom stereocenters. The Morgan fingerprint density at radius 3 is 2.52 bits per heavy atom. The quantitative estimate of drug-likeness (QED) is 0.665. The van der Waals surface area contributed by atoms with E-state index in [1.54, 1.807) is 41.9 Å². The molecule has 2 aromatic carbocycles. The summed E-state index contributed by atoms with van der Waals surface area (Å²) in [4.78, 5) is 34.3. The van der Waals surface area contributed by atoms with Crippen molar-refractivity contribution in [3.05, 3.63) is 75.3 Å². The summed E-state index contributed by atoms with van der Waals surface area (Å²) >= 11 is 6.02. The van der Waals surface area contributed by atoms with Gasteiger partial charge in [-0.1, -0.05) is 29.8 Å². The van der Waals surface area contributed by atoms with Crippen LogP contribution in [-0.4, -0.2) is 51.4 Å². The fourth-order valence-corrected chi connectivity index (χ4v) is 4.08. The van der Waals surface area contributed by atoms with Crippen LogP contribution < -0.4 is 5.56 Å². The summed E-state index contributed by atoms with van der Waals surface area (Å²) in [5, 5.41) is 1.19. The first kappa shape index (κ1) is 19.6. The zero-order valence-electron chi connectivity index (χ0n) is 16.5. The molecule has 0 saturated carbocycles. The van der Waals surface area contributed by atoms with Gasteiger partial charge in [0.25, 0.3) is 11.5 Å². The number of carbonyl (C=O) groups excluding carboxylic acids is 1. The van der Waals surface area contributed by atoms with E-state index in [9.17, 15) is 9.59 Å². The molecular formula is C22H23ClN4O2. The first-order valence-corrected chi connectivity index (χ1v) is 10.1. The van der Waals surface area contributed by atoms with Gasteiger partial charge in [0.05, 0.1) is 16.9 Å². The van der Waals surface area contributed by atoms with E-state index in [2.05, 4.69) is 11.8 Å². The summed E-state index contributed by atoms with van der Waals surface area (Å²) < 4.78 is 1.64. The van der Waals surface area contributed by atoms with Gasteiger partial charge in [0.2, 0.25) is 0 Å². The molecule has 4 rings (SSSR count). The van der Waals surface area contributed by atoms with Crippen molar-refractivity contribution < 1.29 is 4.79 Å². The summed E-state index contributed by atoms with van der Waals surface area (Å²) in [6, 6.07) is 14.4. The van der Waals surface area contributed by atoms with Crippen LogP contribution >= 0.6 is 11.6 Å². The fourth-order valence-electron chi connectivity index (χ4n) is 3.89. The van der Waals surface area contributed by atoms with Gasteiger partial charge in [0.15, 0.2) is 0 Å². The summed E-state index contributed by atoms with van der Waals surface area (Å²) in [6.07, 6.45) is 0. The fraction of sp³-hybridized carbons (Fsp3) is 0.318. The van der Waals surface area contributed by atoms with Crippen molar-refractivity contribution in [2.24, 2.45) is 7.05 Å². The van der Waals surface area contributed by atoms with E-state index in [0.29, 0.717) is 34.6 Å². The van der Waals surface area contributed by atoms with E-state index in [4.69, 9.17) is 16.6 Å². The lowest BCUT2D eigenvalue weighted by Gasteiger charge is -2.38. The highest BCUT2D eigenvalue weighted by molar-refractivity contribution is 6.30. The van der Waals surface area contributed by atoms with Crippen molar-refractivity contribution in [1.82, 2.24) is 19.4 Å². The van der Waals surface area contributed by atoms with E-state index < -0.39 is 0 Å². The molecule has 1 unspecified atom stereocenters. The van der Waals surface area contributed by atoms with Crippen LogP contribution in [0.25, 0.3) is 10.9 Å². The standard InChI is InChI=1S/C22H23ClN4O2/c1-15(20-24-19-9-4-3-8-18(19)22(29)25(20)2)26-10-12-27(13-11-26)21(28)16-6-5-7-17(23)14-16/h3-9,14-15H,10-13H2,1-2H3. The third kappa shape index (κ3) is 3.78. The van der Waals surface area contributed by atoms with Crippen LogP contribution in [0.15, 0.2) is 53.3 Å². The number of hydrogen-bond donors (Lipinski definition) is 0. The van der Waals surface area contributed by atoms with Gasteiger partial charge in [-0.15, -0.1) is 0 Å². The number of carbonyl (C=O) groups is 1. The Bertz CT molecular complexity index is 1120. The molecule has 1 fully saturated rings. The maximum Gasteiger partial charge on any atom is 0.261 e. The Morgan fingerprint density at radius 1 is 1.07 bits per heavy atom. The molecule has 0 radical (unpaired) electrons. The minimum Gasteiger partial charge on any atom is -0.336 e. The van der Waals surface area contributed by atoms with Crippen LogP contribution in [0.4, 0.5) is 0 Å². The van der Waals surface area contributed by atoms with E-state index in [-0.39, 0.29) is 17.5 Å². The number of aromatic nitrogens is 2. The smallest absolute Gasteiger partial charge is 0.261 e. The molecule has 2 heterocycles. The number of halogens is 1. The highest BCUT2D eigenvalue weighted by atomic mass is 35.5. The predicted octanol–water partition coefficient (Wildman–Crippen LogP) is 3.11. The third-order valence-corrected chi connectivity index (χ3v) is 5.85. The predicted molar refractivity (Wildman–Crippen MR) is 114 cm³/mol. The van der Waals surface area contributed by atoms with Crippen LogP contribution in [-0.2, 0) is 7.05 Å². The average Bonchev–Trinajstić information content (AvgIpc) is 2.75. The number of amides is 1. The van der Waals surface area contributed by atoms with Gasteiger partial charge in [-0.2, -0.15) is 0 Å². The van der Waals surface area contributed by atoms with Crippen LogP contribution in [0.5, 0.6) is 0 Å². The molecule has 1 aliphatic rings. The summed E-state index contributed by atoms with van der Waals surface area (Å²) in [5.74, 6) is 0.736. The van der Waals surface area contributed by atoms with E-state index in [1.807, 2.05) is 23.1 Å². The number of piperazine rings is 1. The molecule has 0 aliphatic carbocycles. The number of nitrogens with zero attached hydrogens (tertiary/aromatic N) is 4. The van der Waals surface area contributed by atoms with Gasteiger partial charge in [0.1, 0.15) is 5.82 Å². The van der Waals surface area contributed by atoms with Crippen LogP contribution in [0.3, 0.4) is 0 Å². The molecule has 1 amide bonds. The van der Waals surface area contributed by atoms with Crippen molar-refractivity contribution in [3.63, 3.8) is 0 Å². The molecule has 6 nitrogen and oxygen atoms in total. The largest absolute Gasteiger partial charge is 0.336 e. The van der Waals surface area contributed by atoms with E-state index in [1.165, 1.54) is 0 Å². The highest BCUT2D eigenvalue weighted by Crippen LogP contribution is 2.22. The second kappa shape index (κ2) is 7.97.